The van der Waals surface area contributed by atoms with E-state index in [1.165, 1.54) is 49.8 Å². The SMILES string of the molecule is COc1ccc(S(=O)(=O)Nc2ccc3nc(CCCCCC(OCc4ccc(F)cc4)C(N)=O)sc3c2)cc1OC. The van der Waals surface area contributed by atoms with E-state index in [-0.39, 0.29) is 17.3 Å². The van der Waals surface area contributed by atoms with Crippen molar-refractivity contribution in [3.8, 4) is 11.5 Å². The number of hydrogen-bond donors (Lipinski definition) is 2. The number of fused-ring (bicyclic) bond motifs is 1. The Morgan fingerprint density at radius 3 is 2.46 bits per heavy atom. The van der Waals surface area contributed by atoms with Crippen LogP contribution in [0.4, 0.5) is 10.1 Å². The van der Waals surface area contributed by atoms with Gasteiger partial charge in [0, 0.05) is 6.07 Å². The van der Waals surface area contributed by atoms with E-state index in [1.807, 2.05) is 0 Å². The Kier molecular flexibility index (Phi) is 10.1. The molecule has 0 radical (unpaired) electrons. The normalized spacial score (nSPS) is 12.3. The van der Waals surface area contributed by atoms with Crippen LogP contribution in [0, 0.1) is 5.82 Å². The van der Waals surface area contributed by atoms with Gasteiger partial charge in [0.25, 0.3) is 10.0 Å². The third kappa shape index (κ3) is 8.15. The molecule has 1 heterocycles. The summed E-state index contributed by atoms with van der Waals surface area (Å²) in [5.74, 6) is -0.0890. The van der Waals surface area contributed by atoms with Gasteiger partial charge in [-0.1, -0.05) is 25.0 Å². The number of thiazole rings is 1. The summed E-state index contributed by atoms with van der Waals surface area (Å²) in [6.45, 7) is 0.187. The maximum Gasteiger partial charge on any atom is 0.262 e. The maximum absolute atomic E-state index is 13.1. The second kappa shape index (κ2) is 13.7. The summed E-state index contributed by atoms with van der Waals surface area (Å²) >= 11 is 1.51. The summed E-state index contributed by atoms with van der Waals surface area (Å²) in [7, 11) is -0.919. The fraction of sp³-hybridized carbons (Fsp3) is 0.310. The summed E-state index contributed by atoms with van der Waals surface area (Å²) in [5, 5.41) is 0.943. The minimum absolute atomic E-state index is 0.0553. The average molecular weight is 602 g/mol. The van der Waals surface area contributed by atoms with Gasteiger partial charge >= 0.3 is 0 Å². The highest BCUT2D eigenvalue weighted by Gasteiger charge is 2.18. The van der Waals surface area contributed by atoms with Crippen LogP contribution in [-0.4, -0.2) is 39.6 Å². The Hall–Kier alpha value is -3.74. The first kappa shape index (κ1) is 30.2. The largest absolute Gasteiger partial charge is 0.493 e. The Labute approximate surface area is 242 Å². The number of carbonyl (C=O) groups excluding carboxylic acids is 1. The van der Waals surface area contributed by atoms with Gasteiger partial charge in [-0.05, 0) is 67.3 Å². The fourth-order valence-electron chi connectivity index (χ4n) is 4.21. The zero-order chi connectivity index (χ0) is 29.4. The first-order valence-corrected chi connectivity index (χ1v) is 15.3. The monoisotopic (exact) mass is 601 g/mol. The molecule has 218 valence electrons. The molecule has 9 nitrogen and oxygen atoms in total. The lowest BCUT2D eigenvalue weighted by atomic mass is 10.1. The number of aromatic nitrogens is 1. The van der Waals surface area contributed by atoms with E-state index in [2.05, 4.69) is 9.71 Å². The molecule has 3 N–H and O–H groups in total. The quantitative estimate of drug-likeness (QED) is 0.174. The number of rotatable bonds is 15. The third-order valence-electron chi connectivity index (χ3n) is 6.39. The summed E-state index contributed by atoms with van der Waals surface area (Å²) in [6.07, 6.45) is 3.02. The van der Waals surface area contributed by atoms with Crippen molar-refractivity contribution in [2.24, 2.45) is 5.73 Å². The molecule has 1 amide bonds. The van der Waals surface area contributed by atoms with E-state index in [0.717, 1.165) is 46.5 Å². The van der Waals surface area contributed by atoms with Crippen LogP contribution in [0.2, 0.25) is 0 Å². The molecule has 0 spiro atoms. The third-order valence-corrected chi connectivity index (χ3v) is 8.85. The molecular formula is C29H32FN3O6S2. The molecule has 0 saturated heterocycles. The maximum atomic E-state index is 13.1. The number of nitrogens with two attached hydrogens (primary N) is 1. The lowest BCUT2D eigenvalue weighted by Gasteiger charge is -2.14. The van der Waals surface area contributed by atoms with E-state index in [0.29, 0.717) is 23.6 Å². The number of halogens is 1. The number of benzene rings is 3. The summed E-state index contributed by atoms with van der Waals surface area (Å²) in [5.41, 5.74) is 7.49. The fourth-order valence-corrected chi connectivity index (χ4v) is 6.32. The van der Waals surface area contributed by atoms with Crippen molar-refractivity contribution >= 4 is 43.2 Å². The number of aryl methyl sites for hydroxylation is 1. The van der Waals surface area contributed by atoms with Crippen molar-refractivity contribution in [1.29, 1.82) is 0 Å². The van der Waals surface area contributed by atoms with Crippen molar-refractivity contribution in [3.05, 3.63) is 77.1 Å². The first-order chi connectivity index (χ1) is 19.7. The standard InChI is InChI=1S/C29H32FN3O6S2/c1-37-24-15-13-22(17-26(24)38-2)41(35,36)33-21-12-14-23-27(16-21)40-28(32-23)7-5-3-4-6-25(29(31)34)39-18-19-8-10-20(30)11-9-19/h8-17,25,33H,3-7,18H2,1-2H3,(H2,31,34). The number of carbonyl (C=O) groups is 1. The molecule has 41 heavy (non-hydrogen) atoms. The highest BCUT2D eigenvalue weighted by atomic mass is 32.2. The van der Waals surface area contributed by atoms with Crippen molar-refractivity contribution in [1.82, 2.24) is 4.98 Å². The van der Waals surface area contributed by atoms with Crippen LogP contribution in [0.25, 0.3) is 10.2 Å². The number of unbranched alkanes of at least 4 members (excludes halogenated alkanes) is 2. The number of hydrogen-bond acceptors (Lipinski definition) is 8. The minimum atomic E-state index is -3.85. The van der Waals surface area contributed by atoms with Crippen LogP contribution < -0.4 is 19.9 Å². The molecule has 3 aromatic carbocycles. The Morgan fingerprint density at radius 2 is 1.76 bits per heavy atom. The molecule has 1 unspecified atom stereocenters. The number of sulfonamides is 1. The van der Waals surface area contributed by atoms with Gasteiger partial charge in [0.1, 0.15) is 11.9 Å². The second-order valence-corrected chi connectivity index (χ2v) is 12.1. The number of methoxy groups -OCH3 is 2. The molecule has 4 rings (SSSR count). The van der Waals surface area contributed by atoms with Gasteiger partial charge in [0.2, 0.25) is 5.91 Å². The van der Waals surface area contributed by atoms with E-state index < -0.39 is 22.0 Å². The second-order valence-electron chi connectivity index (χ2n) is 9.34. The predicted octanol–water partition coefficient (Wildman–Crippen LogP) is 5.43. The predicted molar refractivity (Wildman–Crippen MR) is 156 cm³/mol. The zero-order valence-corrected chi connectivity index (χ0v) is 24.4. The molecule has 12 heteroatoms. The van der Waals surface area contributed by atoms with Crippen LogP contribution in [0.15, 0.2) is 65.6 Å². The molecule has 0 bridgehead atoms. The molecule has 1 atom stereocenters. The van der Waals surface area contributed by atoms with E-state index in [9.17, 15) is 17.6 Å². The van der Waals surface area contributed by atoms with E-state index in [1.54, 1.807) is 36.4 Å². The van der Waals surface area contributed by atoms with Crippen LogP contribution >= 0.6 is 11.3 Å². The lowest BCUT2D eigenvalue weighted by Crippen LogP contribution is -2.31. The molecule has 0 aliphatic rings. The number of ether oxygens (including phenoxy) is 3. The number of primary amides is 1. The number of amides is 1. The van der Waals surface area contributed by atoms with E-state index in [4.69, 9.17) is 19.9 Å². The van der Waals surface area contributed by atoms with Gasteiger partial charge in [0.15, 0.2) is 11.5 Å². The zero-order valence-electron chi connectivity index (χ0n) is 22.8. The van der Waals surface area contributed by atoms with Crippen molar-refractivity contribution in [3.63, 3.8) is 0 Å². The summed E-state index contributed by atoms with van der Waals surface area (Å²) in [4.78, 5) is 16.5. The topological polar surface area (TPSA) is 130 Å². The minimum Gasteiger partial charge on any atom is -0.493 e. The van der Waals surface area contributed by atoms with Crippen LogP contribution in [0.5, 0.6) is 11.5 Å². The van der Waals surface area contributed by atoms with Gasteiger partial charge in [-0.3, -0.25) is 9.52 Å². The highest BCUT2D eigenvalue weighted by Crippen LogP contribution is 2.31. The molecular weight excluding hydrogens is 569 g/mol. The van der Waals surface area contributed by atoms with Crippen molar-refractivity contribution in [2.75, 3.05) is 18.9 Å². The first-order valence-electron chi connectivity index (χ1n) is 13.0. The van der Waals surface area contributed by atoms with Gasteiger partial charge in [0.05, 0.1) is 46.6 Å². The van der Waals surface area contributed by atoms with Crippen molar-refractivity contribution in [2.45, 2.75) is 49.7 Å². The molecule has 0 fully saturated rings. The van der Waals surface area contributed by atoms with Crippen LogP contribution in [0.1, 0.15) is 36.3 Å². The Balaban J connectivity index is 1.28. The van der Waals surface area contributed by atoms with Gasteiger partial charge in [-0.15, -0.1) is 11.3 Å². The Bertz CT molecular complexity index is 1590. The van der Waals surface area contributed by atoms with E-state index >= 15 is 0 Å². The number of anilines is 1. The molecule has 0 aliphatic heterocycles. The van der Waals surface area contributed by atoms with Crippen LogP contribution in [0.3, 0.4) is 0 Å². The van der Waals surface area contributed by atoms with Gasteiger partial charge < -0.3 is 19.9 Å². The van der Waals surface area contributed by atoms with Crippen molar-refractivity contribution < 1.29 is 31.8 Å². The van der Waals surface area contributed by atoms with Gasteiger partial charge in [-0.25, -0.2) is 17.8 Å². The lowest BCUT2D eigenvalue weighted by molar-refractivity contribution is -0.130. The molecule has 4 aromatic rings. The number of nitrogens with one attached hydrogen (secondary N) is 1. The van der Waals surface area contributed by atoms with Gasteiger partial charge in [-0.2, -0.15) is 0 Å². The number of nitrogens with zero attached hydrogens (tertiary/aromatic N) is 1. The summed E-state index contributed by atoms with van der Waals surface area (Å²) in [6, 6.07) is 15.6. The molecule has 1 aromatic heterocycles. The summed E-state index contributed by atoms with van der Waals surface area (Å²) < 4.78 is 58.5. The average Bonchev–Trinajstić information content (AvgIpc) is 3.36. The molecule has 0 aliphatic carbocycles. The Morgan fingerprint density at radius 1 is 1.00 bits per heavy atom. The highest BCUT2D eigenvalue weighted by molar-refractivity contribution is 7.92. The smallest absolute Gasteiger partial charge is 0.262 e. The van der Waals surface area contributed by atoms with Crippen LogP contribution in [-0.2, 0) is 32.6 Å². The molecule has 0 saturated carbocycles.